The number of aromatic amines is 1. The maximum Gasteiger partial charge on any atom is 0.276 e. The van der Waals surface area contributed by atoms with Crippen LogP contribution in [-0.2, 0) is 6.42 Å². The van der Waals surface area contributed by atoms with E-state index in [-0.39, 0.29) is 18.4 Å². The minimum Gasteiger partial charge on any atom is -1.00 e. The van der Waals surface area contributed by atoms with Crippen molar-refractivity contribution in [3.63, 3.8) is 0 Å². The minimum atomic E-state index is -0.306. The van der Waals surface area contributed by atoms with Crippen molar-refractivity contribution in [2.75, 3.05) is 5.75 Å². The predicted molar refractivity (Wildman–Crippen MR) is 93.4 cm³/mol. The van der Waals surface area contributed by atoms with Gasteiger partial charge >= 0.3 is 0 Å². The number of rotatable bonds is 6. The molecule has 0 fully saturated rings. The molecular formula is C17H20ClN4OS-. The molecule has 24 heavy (non-hydrogen) atoms. The van der Waals surface area contributed by atoms with Crippen molar-refractivity contribution in [2.45, 2.75) is 31.5 Å². The summed E-state index contributed by atoms with van der Waals surface area (Å²) in [4.78, 5) is 3.26. The van der Waals surface area contributed by atoms with Crippen LogP contribution in [0.1, 0.15) is 31.3 Å². The summed E-state index contributed by atoms with van der Waals surface area (Å²) in [7, 11) is 0. The number of aromatic nitrogens is 3. The summed E-state index contributed by atoms with van der Waals surface area (Å²) in [5.74, 6) is 1.30. The number of nitrogens with zero attached hydrogens (tertiary/aromatic N) is 2. The van der Waals surface area contributed by atoms with Gasteiger partial charge in [-0.3, -0.25) is 0 Å². The number of allylic oxidation sites excluding steroid dienone is 1. The van der Waals surface area contributed by atoms with Gasteiger partial charge in [-0.05, 0) is 31.9 Å². The summed E-state index contributed by atoms with van der Waals surface area (Å²) in [5, 5.41) is 9.88. The molecule has 0 radical (unpaired) electrons. The largest absolute Gasteiger partial charge is 1.00 e. The Labute approximate surface area is 151 Å². The highest BCUT2D eigenvalue weighted by Crippen LogP contribution is 2.24. The first kappa shape index (κ1) is 18.6. The van der Waals surface area contributed by atoms with E-state index in [1.165, 1.54) is 22.7 Å². The van der Waals surface area contributed by atoms with E-state index in [9.17, 15) is 0 Å². The monoisotopic (exact) mass is 363 g/mol. The Hall–Kier alpha value is -1.76. The van der Waals surface area contributed by atoms with Crippen LogP contribution >= 0.6 is 11.8 Å². The van der Waals surface area contributed by atoms with Gasteiger partial charge in [-0.1, -0.05) is 41.6 Å². The number of para-hydroxylation sites is 1. The zero-order chi connectivity index (χ0) is 16.2. The molecule has 5 nitrogen and oxygen atoms in total. The number of benzene rings is 1. The van der Waals surface area contributed by atoms with Crippen molar-refractivity contribution >= 4 is 22.7 Å². The van der Waals surface area contributed by atoms with Crippen LogP contribution in [0, 0.1) is 0 Å². The van der Waals surface area contributed by atoms with E-state index in [4.69, 9.17) is 10.2 Å². The first-order valence-electron chi connectivity index (χ1n) is 7.53. The summed E-state index contributed by atoms with van der Waals surface area (Å²) in [5.41, 5.74) is 9.77. The van der Waals surface area contributed by atoms with Gasteiger partial charge in [0.2, 0.25) is 5.89 Å². The van der Waals surface area contributed by atoms with Crippen molar-refractivity contribution in [3.05, 3.63) is 53.6 Å². The third-order valence-electron chi connectivity index (χ3n) is 3.55. The van der Waals surface area contributed by atoms with E-state index >= 15 is 0 Å². The van der Waals surface area contributed by atoms with Crippen molar-refractivity contribution in [1.29, 1.82) is 0 Å². The summed E-state index contributed by atoms with van der Waals surface area (Å²) in [6, 6.07) is 7.86. The van der Waals surface area contributed by atoms with Crippen molar-refractivity contribution in [3.8, 4) is 0 Å². The number of nitrogens with one attached hydrogen (secondary N) is 1. The van der Waals surface area contributed by atoms with Gasteiger partial charge in [-0.15, -0.1) is 10.2 Å². The normalized spacial score (nSPS) is 12.0. The topological polar surface area (TPSA) is 80.7 Å². The molecule has 0 saturated carbocycles. The molecule has 1 aromatic carbocycles. The lowest BCUT2D eigenvalue weighted by Crippen LogP contribution is -3.00. The predicted octanol–water partition coefficient (Wildman–Crippen LogP) is 0.856. The lowest BCUT2D eigenvalue weighted by molar-refractivity contribution is -0.00000550. The standard InChI is InChI=1S/C17H20N4OS.ClH/c1-11(2)7-8-23-17-21-20-16(22-17)14(18)9-12-10-19-15-6-4-3-5-13(12)15;/h3-7,10,14,19H,8-9,18H2,1-2H3;1H/p-1/t14-;/m0./s1. The van der Waals surface area contributed by atoms with Gasteiger partial charge in [0, 0.05) is 22.9 Å². The smallest absolute Gasteiger partial charge is 0.276 e. The van der Waals surface area contributed by atoms with Crippen molar-refractivity contribution < 1.29 is 16.8 Å². The van der Waals surface area contributed by atoms with Gasteiger partial charge in [0.1, 0.15) is 0 Å². The Bertz CT molecular complexity index is 823. The van der Waals surface area contributed by atoms with Gasteiger partial charge in [-0.2, -0.15) is 0 Å². The highest BCUT2D eigenvalue weighted by atomic mass is 35.5. The minimum absolute atomic E-state index is 0. The fraction of sp³-hybridized carbons (Fsp3) is 0.294. The molecule has 3 aromatic rings. The molecule has 0 aliphatic carbocycles. The summed E-state index contributed by atoms with van der Waals surface area (Å²) in [6.45, 7) is 4.13. The fourth-order valence-electron chi connectivity index (χ4n) is 2.33. The Morgan fingerprint density at radius 2 is 2.12 bits per heavy atom. The summed E-state index contributed by atoms with van der Waals surface area (Å²) >= 11 is 1.52. The lowest BCUT2D eigenvalue weighted by atomic mass is 10.1. The number of nitrogens with two attached hydrogens (primary N) is 1. The fourth-order valence-corrected chi connectivity index (χ4v) is 3.14. The highest BCUT2D eigenvalue weighted by Gasteiger charge is 2.17. The van der Waals surface area contributed by atoms with E-state index < -0.39 is 0 Å². The van der Waals surface area contributed by atoms with Crippen LogP contribution in [0.15, 0.2) is 51.8 Å². The third-order valence-corrected chi connectivity index (χ3v) is 4.30. The zero-order valence-corrected chi connectivity index (χ0v) is 15.2. The molecule has 1 atom stereocenters. The highest BCUT2D eigenvalue weighted by molar-refractivity contribution is 7.99. The number of halogens is 1. The Morgan fingerprint density at radius 3 is 2.92 bits per heavy atom. The molecule has 0 spiro atoms. The molecule has 0 amide bonds. The van der Waals surface area contributed by atoms with Gasteiger partial charge in [-0.25, -0.2) is 0 Å². The van der Waals surface area contributed by atoms with Crippen LogP contribution in [-0.4, -0.2) is 20.9 Å². The van der Waals surface area contributed by atoms with Gasteiger partial charge in [0.05, 0.1) is 6.04 Å². The lowest BCUT2D eigenvalue weighted by Gasteiger charge is -2.05. The Balaban J connectivity index is 0.00000208. The second kappa shape index (κ2) is 8.37. The van der Waals surface area contributed by atoms with Gasteiger partial charge in [0.15, 0.2) is 0 Å². The van der Waals surface area contributed by atoms with E-state index in [1.807, 2.05) is 18.3 Å². The van der Waals surface area contributed by atoms with E-state index in [0.717, 1.165) is 16.8 Å². The molecule has 7 heteroatoms. The molecule has 2 heterocycles. The summed E-state index contributed by atoms with van der Waals surface area (Å²) in [6.07, 6.45) is 4.77. The van der Waals surface area contributed by atoms with Crippen LogP contribution in [0.5, 0.6) is 0 Å². The molecule has 0 unspecified atom stereocenters. The van der Waals surface area contributed by atoms with E-state index in [0.29, 0.717) is 17.5 Å². The molecule has 3 rings (SSSR count). The first-order valence-corrected chi connectivity index (χ1v) is 8.52. The van der Waals surface area contributed by atoms with Gasteiger partial charge in [0.25, 0.3) is 5.22 Å². The molecular weight excluding hydrogens is 344 g/mol. The average Bonchev–Trinajstić information content (AvgIpc) is 3.15. The molecule has 0 aliphatic rings. The van der Waals surface area contributed by atoms with Crippen LogP contribution in [0.3, 0.4) is 0 Å². The second-order valence-corrected chi connectivity index (χ2v) is 6.64. The number of H-pyrrole nitrogens is 1. The third kappa shape index (κ3) is 4.41. The van der Waals surface area contributed by atoms with Crippen LogP contribution in [0.4, 0.5) is 0 Å². The number of hydrogen-bond acceptors (Lipinski definition) is 5. The maximum atomic E-state index is 6.24. The Kier molecular flexibility index (Phi) is 6.48. The number of fused-ring (bicyclic) bond motifs is 1. The molecule has 2 aromatic heterocycles. The van der Waals surface area contributed by atoms with Crippen molar-refractivity contribution in [1.82, 2.24) is 15.2 Å². The maximum absolute atomic E-state index is 6.24. The van der Waals surface area contributed by atoms with Gasteiger partial charge < -0.3 is 27.5 Å². The molecule has 3 N–H and O–H groups in total. The van der Waals surface area contributed by atoms with Crippen molar-refractivity contribution in [2.24, 2.45) is 5.73 Å². The molecule has 0 saturated heterocycles. The SMILES string of the molecule is CC(C)=CCSc1nnc([C@@H](N)Cc2c[nH]c3ccccc23)o1.[Cl-]. The Morgan fingerprint density at radius 1 is 1.33 bits per heavy atom. The molecule has 0 aliphatic heterocycles. The molecule has 128 valence electrons. The summed E-state index contributed by atoms with van der Waals surface area (Å²) < 4.78 is 5.66. The zero-order valence-electron chi connectivity index (χ0n) is 13.6. The average molecular weight is 364 g/mol. The quantitative estimate of drug-likeness (QED) is 0.501. The van der Waals surface area contributed by atoms with E-state index in [1.54, 1.807) is 0 Å². The molecule has 0 bridgehead atoms. The second-order valence-electron chi connectivity index (χ2n) is 5.67. The van der Waals surface area contributed by atoms with Crippen LogP contribution in [0.25, 0.3) is 10.9 Å². The first-order chi connectivity index (χ1) is 11.1. The number of hydrogen-bond donors (Lipinski definition) is 2. The van der Waals surface area contributed by atoms with Crippen LogP contribution < -0.4 is 18.1 Å². The number of thioether (sulfide) groups is 1. The van der Waals surface area contributed by atoms with Crippen LogP contribution in [0.2, 0.25) is 0 Å². The van der Waals surface area contributed by atoms with E-state index in [2.05, 4.69) is 47.2 Å².